The van der Waals surface area contributed by atoms with Crippen LogP contribution in [0, 0.1) is 0 Å². The first-order chi connectivity index (χ1) is 13.6. The van der Waals surface area contributed by atoms with Crippen LogP contribution in [0.2, 0.25) is 0 Å². The van der Waals surface area contributed by atoms with E-state index in [1.165, 1.54) is 24.8 Å². The van der Waals surface area contributed by atoms with Crippen LogP contribution in [0.15, 0.2) is 60.7 Å². The van der Waals surface area contributed by atoms with E-state index in [1.54, 1.807) is 6.92 Å². The molecule has 0 aliphatic carbocycles. The summed E-state index contributed by atoms with van der Waals surface area (Å²) in [5.41, 5.74) is 1.72. The maximum absolute atomic E-state index is 11.6. The first kappa shape index (κ1) is 19.9. The summed E-state index contributed by atoms with van der Waals surface area (Å²) in [5.74, 6) is 0.474. The van der Waals surface area contributed by atoms with Gasteiger partial charge in [-0.05, 0) is 48.2 Å². The quantitative estimate of drug-likeness (QED) is 0.192. The fourth-order valence-corrected chi connectivity index (χ4v) is 3.36. The molecular formula is C25H28O3. The molecule has 0 saturated heterocycles. The number of esters is 1. The standard InChI is InChI=1S/C25H28O3/c1-4-5-6-9-19-12-13-21-17-20-10-7-8-11-22(20)24(23(21)16-19)27-14-15-28-25(26)18(2)3/h7-8,10-13,16-17H,2,4-6,9,14-15H2,1,3H3. The molecule has 0 radical (unpaired) electrons. The van der Waals surface area contributed by atoms with Crippen LogP contribution in [0.1, 0.15) is 38.7 Å². The summed E-state index contributed by atoms with van der Waals surface area (Å²) in [7, 11) is 0. The van der Waals surface area contributed by atoms with Gasteiger partial charge in [-0.25, -0.2) is 4.79 Å². The van der Waals surface area contributed by atoms with Crippen molar-refractivity contribution in [2.75, 3.05) is 13.2 Å². The Labute approximate surface area is 167 Å². The Morgan fingerprint density at radius 1 is 0.964 bits per heavy atom. The van der Waals surface area contributed by atoms with Gasteiger partial charge in [-0.3, -0.25) is 0 Å². The van der Waals surface area contributed by atoms with Crippen LogP contribution < -0.4 is 4.74 Å². The van der Waals surface area contributed by atoms with Gasteiger partial charge < -0.3 is 9.47 Å². The summed E-state index contributed by atoms with van der Waals surface area (Å²) < 4.78 is 11.3. The number of rotatable bonds is 9. The van der Waals surface area contributed by atoms with Crippen molar-refractivity contribution < 1.29 is 14.3 Å². The number of benzene rings is 3. The molecule has 0 amide bonds. The summed E-state index contributed by atoms with van der Waals surface area (Å²) in [6.07, 6.45) is 4.73. The van der Waals surface area contributed by atoms with Gasteiger partial charge in [-0.15, -0.1) is 0 Å². The third-order valence-corrected chi connectivity index (χ3v) is 4.86. The number of carbonyl (C=O) groups excluding carboxylic acids is 1. The second kappa shape index (κ2) is 9.41. The average molecular weight is 376 g/mol. The Morgan fingerprint density at radius 2 is 1.75 bits per heavy atom. The molecule has 0 heterocycles. The number of ether oxygens (including phenoxy) is 2. The zero-order valence-electron chi connectivity index (χ0n) is 16.8. The van der Waals surface area contributed by atoms with E-state index < -0.39 is 0 Å². The molecule has 3 aromatic rings. The molecule has 146 valence electrons. The fourth-order valence-electron chi connectivity index (χ4n) is 3.36. The number of hydrogen-bond acceptors (Lipinski definition) is 3. The highest BCUT2D eigenvalue weighted by Crippen LogP contribution is 2.35. The van der Waals surface area contributed by atoms with Crippen molar-refractivity contribution in [2.45, 2.75) is 39.5 Å². The van der Waals surface area contributed by atoms with E-state index in [-0.39, 0.29) is 12.6 Å². The number of hydrogen-bond donors (Lipinski definition) is 0. The van der Waals surface area contributed by atoms with E-state index in [0.717, 1.165) is 33.7 Å². The summed E-state index contributed by atoms with van der Waals surface area (Å²) >= 11 is 0. The van der Waals surface area contributed by atoms with Crippen LogP contribution in [0.3, 0.4) is 0 Å². The highest BCUT2D eigenvalue weighted by molar-refractivity contribution is 6.05. The van der Waals surface area contributed by atoms with E-state index in [9.17, 15) is 4.79 Å². The lowest BCUT2D eigenvalue weighted by Gasteiger charge is -2.14. The van der Waals surface area contributed by atoms with E-state index >= 15 is 0 Å². The van der Waals surface area contributed by atoms with Gasteiger partial charge in [0, 0.05) is 16.3 Å². The maximum Gasteiger partial charge on any atom is 0.333 e. The van der Waals surface area contributed by atoms with Crippen LogP contribution in [0.4, 0.5) is 0 Å². The first-order valence-corrected chi connectivity index (χ1v) is 10.00. The van der Waals surface area contributed by atoms with Crippen molar-refractivity contribution in [3.63, 3.8) is 0 Å². The van der Waals surface area contributed by atoms with Gasteiger partial charge in [-0.1, -0.05) is 62.7 Å². The van der Waals surface area contributed by atoms with Crippen LogP contribution in [0.25, 0.3) is 21.5 Å². The molecule has 0 aliphatic heterocycles. The SMILES string of the molecule is C=C(C)C(=O)OCCOc1c2ccccc2cc2ccc(CCCCC)cc12. The van der Waals surface area contributed by atoms with Gasteiger partial charge in [0.05, 0.1) is 0 Å². The molecule has 0 unspecified atom stereocenters. The molecule has 3 nitrogen and oxygen atoms in total. The topological polar surface area (TPSA) is 35.5 Å². The number of unbranched alkanes of at least 4 members (excludes halogenated alkanes) is 2. The fraction of sp³-hybridized carbons (Fsp3) is 0.320. The van der Waals surface area contributed by atoms with E-state index in [1.807, 2.05) is 12.1 Å². The molecule has 0 bridgehead atoms. The van der Waals surface area contributed by atoms with Gasteiger partial charge in [0.2, 0.25) is 0 Å². The smallest absolute Gasteiger partial charge is 0.333 e. The van der Waals surface area contributed by atoms with Crippen LogP contribution in [-0.4, -0.2) is 19.2 Å². The number of aryl methyl sites for hydroxylation is 1. The number of fused-ring (bicyclic) bond motifs is 2. The molecule has 0 aromatic heterocycles. The molecule has 0 N–H and O–H groups in total. The molecule has 3 aromatic carbocycles. The monoisotopic (exact) mass is 376 g/mol. The Morgan fingerprint density at radius 3 is 2.54 bits per heavy atom. The van der Waals surface area contributed by atoms with Gasteiger partial charge in [-0.2, -0.15) is 0 Å². The largest absolute Gasteiger partial charge is 0.489 e. The van der Waals surface area contributed by atoms with E-state index in [0.29, 0.717) is 12.2 Å². The normalized spacial score (nSPS) is 10.9. The van der Waals surface area contributed by atoms with Gasteiger partial charge in [0.1, 0.15) is 19.0 Å². The lowest BCUT2D eigenvalue weighted by atomic mass is 9.98. The summed E-state index contributed by atoms with van der Waals surface area (Å²) in [4.78, 5) is 11.6. The minimum absolute atomic E-state index is 0.201. The van der Waals surface area contributed by atoms with Gasteiger partial charge in [0.15, 0.2) is 0 Å². The Kier molecular flexibility index (Phi) is 6.70. The maximum atomic E-state index is 11.6. The predicted octanol–water partition coefficient (Wildman–Crippen LogP) is 6.22. The molecule has 28 heavy (non-hydrogen) atoms. The Balaban J connectivity index is 1.89. The summed E-state index contributed by atoms with van der Waals surface area (Å²) in [6, 6.07) is 17.1. The summed E-state index contributed by atoms with van der Waals surface area (Å²) in [5, 5.41) is 4.49. The van der Waals surface area contributed by atoms with E-state index in [2.05, 4.69) is 49.9 Å². The minimum Gasteiger partial charge on any atom is -0.489 e. The predicted molar refractivity (Wildman–Crippen MR) is 116 cm³/mol. The molecule has 0 saturated carbocycles. The highest BCUT2D eigenvalue weighted by atomic mass is 16.6. The third kappa shape index (κ3) is 4.72. The lowest BCUT2D eigenvalue weighted by Crippen LogP contribution is -2.12. The summed E-state index contributed by atoms with van der Waals surface area (Å²) in [6.45, 7) is 7.97. The molecule has 0 fully saturated rings. The van der Waals surface area contributed by atoms with Crippen molar-refractivity contribution in [1.82, 2.24) is 0 Å². The molecule has 3 rings (SSSR count). The highest BCUT2D eigenvalue weighted by Gasteiger charge is 2.11. The number of carbonyl (C=O) groups is 1. The Hall–Kier alpha value is -2.81. The lowest BCUT2D eigenvalue weighted by molar-refractivity contribution is -0.139. The van der Waals surface area contributed by atoms with Crippen molar-refractivity contribution in [3.8, 4) is 5.75 Å². The van der Waals surface area contributed by atoms with Crippen LogP contribution in [0.5, 0.6) is 5.75 Å². The Bertz CT molecular complexity index is 988. The van der Waals surface area contributed by atoms with Crippen molar-refractivity contribution in [1.29, 1.82) is 0 Å². The van der Waals surface area contributed by atoms with Crippen LogP contribution >= 0.6 is 0 Å². The average Bonchev–Trinajstić information content (AvgIpc) is 2.70. The van der Waals surface area contributed by atoms with Gasteiger partial charge in [0.25, 0.3) is 0 Å². The third-order valence-electron chi connectivity index (χ3n) is 4.86. The zero-order chi connectivity index (χ0) is 19.9. The van der Waals surface area contributed by atoms with Gasteiger partial charge >= 0.3 is 5.97 Å². The van der Waals surface area contributed by atoms with Crippen LogP contribution in [-0.2, 0) is 16.0 Å². The van der Waals surface area contributed by atoms with Crippen molar-refractivity contribution >= 4 is 27.5 Å². The minimum atomic E-state index is -0.385. The molecular weight excluding hydrogens is 348 g/mol. The first-order valence-electron chi connectivity index (χ1n) is 10.00. The zero-order valence-corrected chi connectivity index (χ0v) is 16.8. The molecule has 0 spiro atoms. The second-order valence-electron chi connectivity index (χ2n) is 7.20. The molecule has 3 heteroatoms. The second-order valence-corrected chi connectivity index (χ2v) is 7.20. The van der Waals surface area contributed by atoms with Crippen molar-refractivity contribution in [3.05, 3.63) is 66.2 Å². The van der Waals surface area contributed by atoms with E-state index in [4.69, 9.17) is 9.47 Å². The van der Waals surface area contributed by atoms with Crippen molar-refractivity contribution in [2.24, 2.45) is 0 Å². The molecule has 0 atom stereocenters. The molecule has 0 aliphatic rings.